The van der Waals surface area contributed by atoms with Gasteiger partial charge in [-0.2, -0.15) is 0 Å². The van der Waals surface area contributed by atoms with Crippen LogP contribution >= 0.6 is 0 Å². The Bertz CT molecular complexity index is 880. The van der Waals surface area contributed by atoms with E-state index in [4.69, 9.17) is 0 Å². The summed E-state index contributed by atoms with van der Waals surface area (Å²) in [6, 6.07) is 16.5. The number of urea groups is 1. The smallest absolute Gasteiger partial charge is 0.325 e. The van der Waals surface area contributed by atoms with E-state index < -0.39 is 17.5 Å². The molecule has 28 heavy (non-hydrogen) atoms. The van der Waals surface area contributed by atoms with Gasteiger partial charge < -0.3 is 10.2 Å². The van der Waals surface area contributed by atoms with E-state index in [1.807, 2.05) is 68.4 Å². The van der Waals surface area contributed by atoms with Crippen LogP contribution in [0, 0.1) is 6.92 Å². The average Bonchev–Trinajstić information content (AvgIpc) is 2.91. The molecule has 0 bridgehead atoms. The second-order valence-electron chi connectivity index (χ2n) is 7.21. The normalized spacial score (nSPS) is 18.9. The molecule has 2 aromatic carbocycles. The Morgan fingerprint density at radius 2 is 1.71 bits per heavy atom. The van der Waals surface area contributed by atoms with E-state index in [1.165, 1.54) is 0 Å². The third-order valence-corrected chi connectivity index (χ3v) is 5.15. The molecule has 0 aromatic heterocycles. The Morgan fingerprint density at radius 1 is 1.07 bits per heavy atom. The molecule has 0 saturated carbocycles. The maximum Gasteiger partial charge on any atom is 0.325 e. The van der Waals surface area contributed by atoms with E-state index in [9.17, 15) is 14.4 Å². The third-order valence-electron chi connectivity index (χ3n) is 5.15. The number of rotatable bonds is 6. The molecule has 2 aromatic rings. The van der Waals surface area contributed by atoms with Gasteiger partial charge in [0.15, 0.2) is 0 Å². The summed E-state index contributed by atoms with van der Waals surface area (Å²) in [6.45, 7) is 6.17. The van der Waals surface area contributed by atoms with Crippen molar-refractivity contribution in [2.45, 2.75) is 32.9 Å². The predicted octanol–water partition coefficient (Wildman–Crippen LogP) is 2.81. The Hall–Kier alpha value is -3.15. The molecule has 3 rings (SSSR count). The SMILES string of the molecule is CCN(Cc1ccccc1)C(=O)CN1C(=O)NC(C)(c2ccc(C)cc2)C1=O. The highest BCUT2D eigenvalue weighted by atomic mass is 16.2. The molecule has 6 nitrogen and oxygen atoms in total. The average molecular weight is 379 g/mol. The van der Waals surface area contributed by atoms with E-state index >= 15 is 0 Å². The monoisotopic (exact) mass is 379 g/mol. The first-order valence-electron chi connectivity index (χ1n) is 9.38. The summed E-state index contributed by atoms with van der Waals surface area (Å²) in [5.41, 5.74) is 1.60. The van der Waals surface area contributed by atoms with Crippen LogP contribution in [0.1, 0.15) is 30.5 Å². The third kappa shape index (κ3) is 3.76. The van der Waals surface area contributed by atoms with Crippen LogP contribution in [0.3, 0.4) is 0 Å². The van der Waals surface area contributed by atoms with Crippen LogP contribution in [-0.4, -0.2) is 40.7 Å². The van der Waals surface area contributed by atoms with Gasteiger partial charge in [-0.15, -0.1) is 0 Å². The Kier molecular flexibility index (Phi) is 5.49. The van der Waals surface area contributed by atoms with Crippen molar-refractivity contribution in [2.75, 3.05) is 13.1 Å². The summed E-state index contributed by atoms with van der Waals surface area (Å²) in [4.78, 5) is 40.9. The van der Waals surface area contributed by atoms with Crippen LogP contribution in [0.15, 0.2) is 54.6 Å². The van der Waals surface area contributed by atoms with Gasteiger partial charge >= 0.3 is 6.03 Å². The van der Waals surface area contributed by atoms with Gasteiger partial charge in [0.05, 0.1) is 0 Å². The van der Waals surface area contributed by atoms with Gasteiger partial charge in [0.25, 0.3) is 5.91 Å². The van der Waals surface area contributed by atoms with Crippen LogP contribution in [0.2, 0.25) is 0 Å². The largest absolute Gasteiger partial charge is 0.337 e. The number of imide groups is 1. The minimum Gasteiger partial charge on any atom is -0.337 e. The van der Waals surface area contributed by atoms with Gasteiger partial charge in [0.1, 0.15) is 12.1 Å². The second-order valence-corrected chi connectivity index (χ2v) is 7.21. The summed E-state index contributed by atoms with van der Waals surface area (Å²) in [6.07, 6.45) is 0. The number of carbonyl (C=O) groups is 3. The number of hydrogen-bond donors (Lipinski definition) is 1. The molecular weight excluding hydrogens is 354 g/mol. The highest BCUT2D eigenvalue weighted by molar-refractivity contribution is 6.09. The summed E-state index contributed by atoms with van der Waals surface area (Å²) in [7, 11) is 0. The maximum atomic E-state index is 13.0. The number of aryl methyl sites for hydroxylation is 1. The number of nitrogens with zero attached hydrogens (tertiary/aromatic N) is 2. The summed E-state index contributed by atoms with van der Waals surface area (Å²) >= 11 is 0. The molecule has 6 heteroatoms. The van der Waals surface area contributed by atoms with E-state index in [2.05, 4.69) is 5.32 Å². The van der Waals surface area contributed by atoms with Crippen molar-refractivity contribution in [1.82, 2.24) is 15.1 Å². The van der Waals surface area contributed by atoms with Crippen molar-refractivity contribution < 1.29 is 14.4 Å². The Balaban J connectivity index is 1.74. The quantitative estimate of drug-likeness (QED) is 0.785. The highest BCUT2D eigenvalue weighted by Crippen LogP contribution is 2.29. The summed E-state index contributed by atoms with van der Waals surface area (Å²) < 4.78 is 0. The number of carbonyl (C=O) groups excluding carboxylic acids is 3. The molecule has 146 valence electrons. The number of hydrogen-bond acceptors (Lipinski definition) is 3. The topological polar surface area (TPSA) is 69.7 Å². The van der Waals surface area contributed by atoms with E-state index in [0.717, 1.165) is 16.0 Å². The Morgan fingerprint density at radius 3 is 2.32 bits per heavy atom. The number of likely N-dealkylation sites (N-methyl/N-ethyl adjacent to an activating group) is 1. The van der Waals surface area contributed by atoms with Crippen molar-refractivity contribution in [3.63, 3.8) is 0 Å². The fourth-order valence-electron chi connectivity index (χ4n) is 3.34. The van der Waals surface area contributed by atoms with Gasteiger partial charge in [-0.1, -0.05) is 60.2 Å². The molecule has 0 radical (unpaired) electrons. The molecule has 1 atom stereocenters. The molecular formula is C22H25N3O3. The molecule has 0 aliphatic carbocycles. The predicted molar refractivity (Wildman–Crippen MR) is 106 cm³/mol. The lowest BCUT2D eigenvalue weighted by Gasteiger charge is -2.25. The van der Waals surface area contributed by atoms with Crippen molar-refractivity contribution in [3.8, 4) is 0 Å². The minimum atomic E-state index is -1.17. The zero-order valence-corrected chi connectivity index (χ0v) is 16.4. The Labute approximate surface area is 165 Å². The molecule has 0 spiro atoms. The second kappa shape index (κ2) is 7.84. The molecule has 1 aliphatic rings. The van der Waals surface area contributed by atoms with E-state index in [0.29, 0.717) is 18.7 Å². The van der Waals surface area contributed by atoms with Crippen molar-refractivity contribution in [2.24, 2.45) is 0 Å². The zero-order chi connectivity index (χ0) is 20.3. The first kappa shape index (κ1) is 19.6. The van der Waals surface area contributed by atoms with Crippen LogP contribution in [0.5, 0.6) is 0 Å². The lowest BCUT2D eigenvalue weighted by atomic mass is 9.91. The fraction of sp³-hybridized carbons (Fsp3) is 0.318. The van der Waals surface area contributed by atoms with Gasteiger partial charge in [0, 0.05) is 13.1 Å². The molecule has 1 aliphatic heterocycles. The number of nitrogens with one attached hydrogen (secondary N) is 1. The number of benzene rings is 2. The van der Waals surface area contributed by atoms with E-state index in [-0.39, 0.29) is 12.5 Å². The van der Waals surface area contributed by atoms with Crippen molar-refractivity contribution in [1.29, 1.82) is 0 Å². The van der Waals surface area contributed by atoms with Gasteiger partial charge in [-0.25, -0.2) is 4.79 Å². The highest BCUT2D eigenvalue weighted by Gasteiger charge is 2.49. The fourth-order valence-corrected chi connectivity index (χ4v) is 3.34. The molecule has 1 heterocycles. The standard InChI is InChI=1S/C22H25N3O3/c1-4-24(14-17-8-6-5-7-9-17)19(26)15-25-20(27)22(3,23-21(25)28)18-12-10-16(2)11-13-18/h5-13H,4,14-15H2,1-3H3,(H,23,28). The lowest BCUT2D eigenvalue weighted by Crippen LogP contribution is -2.44. The lowest BCUT2D eigenvalue weighted by molar-refractivity contribution is -0.139. The van der Waals surface area contributed by atoms with Gasteiger partial charge in [0.2, 0.25) is 5.91 Å². The first-order valence-corrected chi connectivity index (χ1v) is 9.38. The van der Waals surface area contributed by atoms with Crippen molar-refractivity contribution in [3.05, 3.63) is 71.3 Å². The maximum absolute atomic E-state index is 13.0. The van der Waals surface area contributed by atoms with E-state index in [1.54, 1.807) is 11.8 Å². The van der Waals surface area contributed by atoms with Crippen LogP contribution < -0.4 is 5.32 Å². The van der Waals surface area contributed by atoms with Gasteiger partial charge in [-0.05, 0) is 31.9 Å². The van der Waals surface area contributed by atoms with Crippen LogP contribution in [-0.2, 0) is 21.7 Å². The summed E-state index contributed by atoms with van der Waals surface area (Å²) in [5, 5.41) is 2.74. The van der Waals surface area contributed by atoms with Crippen molar-refractivity contribution >= 4 is 17.8 Å². The first-order chi connectivity index (χ1) is 13.3. The molecule has 4 amide bonds. The number of amides is 4. The van der Waals surface area contributed by atoms with Crippen LogP contribution in [0.25, 0.3) is 0 Å². The molecule has 1 N–H and O–H groups in total. The molecule has 1 unspecified atom stereocenters. The molecule has 1 fully saturated rings. The van der Waals surface area contributed by atoms with Gasteiger partial charge in [-0.3, -0.25) is 14.5 Å². The molecule has 1 saturated heterocycles. The zero-order valence-electron chi connectivity index (χ0n) is 16.4. The van der Waals surface area contributed by atoms with Crippen LogP contribution in [0.4, 0.5) is 4.79 Å². The summed E-state index contributed by atoms with van der Waals surface area (Å²) in [5.74, 6) is -0.673. The minimum absolute atomic E-state index is 0.261.